The predicted molar refractivity (Wildman–Crippen MR) is 84.0 cm³/mol. The number of ether oxygens (including phenoxy) is 2. The minimum Gasteiger partial charge on any atom is -1.00 e. The molecular formula is C17H18ClNaO3. The van der Waals surface area contributed by atoms with Crippen LogP contribution in [0.3, 0.4) is 0 Å². The maximum atomic E-state index is 11.5. The van der Waals surface area contributed by atoms with Crippen molar-refractivity contribution in [1.29, 1.82) is 0 Å². The molecule has 0 aliphatic rings. The van der Waals surface area contributed by atoms with Crippen LogP contribution in [0.2, 0.25) is 5.02 Å². The van der Waals surface area contributed by atoms with Gasteiger partial charge in [-0.15, -0.1) is 0 Å². The molecule has 0 radical (unpaired) electrons. The van der Waals surface area contributed by atoms with Crippen molar-refractivity contribution in [1.82, 2.24) is 0 Å². The third-order valence-electron chi connectivity index (χ3n) is 3.01. The van der Waals surface area contributed by atoms with Gasteiger partial charge >= 0.3 is 35.5 Å². The molecule has 0 amide bonds. The Hall–Kier alpha value is -1.000. The average molecular weight is 329 g/mol. The van der Waals surface area contributed by atoms with Gasteiger partial charge in [-0.05, 0) is 24.6 Å². The van der Waals surface area contributed by atoms with E-state index in [4.69, 9.17) is 21.1 Å². The number of halogens is 1. The molecule has 0 spiro atoms. The number of benzene rings is 2. The Kier molecular flexibility index (Phi) is 7.97. The van der Waals surface area contributed by atoms with Crippen molar-refractivity contribution in [3.8, 4) is 11.5 Å². The second-order valence-electron chi connectivity index (χ2n) is 4.57. The molecule has 2 rings (SSSR count). The first-order chi connectivity index (χ1) is 10.1. The van der Waals surface area contributed by atoms with Crippen LogP contribution in [0.1, 0.15) is 33.4 Å². The molecular weight excluding hydrogens is 311 g/mol. The fraction of sp³-hybridized carbons (Fsp3) is 0.235. The molecule has 3 nitrogen and oxygen atoms in total. The largest absolute Gasteiger partial charge is 1.00 e. The van der Waals surface area contributed by atoms with Gasteiger partial charge in [-0.25, -0.2) is 0 Å². The molecule has 0 aliphatic heterocycles. The second-order valence-corrected chi connectivity index (χ2v) is 4.97. The van der Waals surface area contributed by atoms with E-state index < -0.39 is 0 Å². The monoisotopic (exact) mass is 328 g/mol. The Balaban J connectivity index is 0.00000242. The molecule has 1 atom stereocenters. The second kappa shape index (κ2) is 9.21. The van der Waals surface area contributed by atoms with Crippen LogP contribution < -0.4 is 39.0 Å². The summed E-state index contributed by atoms with van der Waals surface area (Å²) in [6.45, 7) is 3.66. The minimum atomic E-state index is -0.347. The Morgan fingerprint density at radius 1 is 1.18 bits per heavy atom. The Labute approximate surface area is 159 Å². The van der Waals surface area contributed by atoms with E-state index >= 15 is 0 Å². The maximum absolute atomic E-state index is 11.5. The molecule has 22 heavy (non-hydrogen) atoms. The molecule has 0 fully saturated rings. The number of hydrogen-bond acceptors (Lipinski definition) is 3. The van der Waals surface area contributed by atoms with Crippen LogP contribution in [0.15, 0.2) is 48.5 Å². The molecule has 0 bridgehead atoms. The van der Waals surface area contributed by atoms with Crippen molar-refractivity contribution in [2.45, 2.75) is 26.4 Å². The van der Waals surface area contributed by atoms with Crippen LogP contribution in [0.25, 0.3) is 0 Å². The summed E-state index contributed by atoms with van der Waals surface area (Å²) < 4.78 is 11.2. The standard InChI is InChI=1S/C17H17ClO3.Na.H/c1-3-16(19)21-17-14(18)10-7-11-15(17)20-12(2)13-8-5-4-6-9-13;;/h4-12H,3H2,1-2H3;;/q;+1;-1. The van der Waals surface area contributed by atoms with Crippen molar-refractivity contribution < 1.29 is 45.3 Å². The Bertz CT molecular complexity index is 622. The van der Waals surface area contributed by atoms with Gasteiger partial charge in [0, 0.05) is 6.42 Å². The fourth-order valence-electron chi connectivity index (χ4n) is 1.85. The third kappa shape index (κ3) is 5.03. The number of carbonyl (C=O) groups excluding carboxylic acids is 1. The number of esters is 1. The van der Waals surface area contributed by atoms with Crippen LogP contribution in [-0.2, 0) is 4.79 Å². The van der Waals surface area contributed by atoms with Gasteiger partial charge in [0.05, 0.1) is 5.02 Å². The molecule has 5 heteroatoms. The SMILES string of the molecule is CCC(=O)Oc1c(Cl)cccc1OC(C)c1ccccc1.[H-].[Na+]. The van der Waals surface area contributed by atoms with E-state index in [2.05, 4.69) is 0 Å². The topological polar surface area (TPSA) is 35.5 Å². The smallest absolute Gasteiger partial charge is 1.00 e. The molecule has 2 aromatic carbocycles. The van der Waals surface area contributed by atoms with Crippen LogP contribution >= 0.6 is 11.6 Å². The summed E-state index contributed by atoms with van der Waals surface area (Å²) in [4.78, 5) is 11.5. The van der Waals surface area contributed by atoms with Crippen LogP contribution in [0.5, 0.6) is 11.5 Å². The molecule has 0 aromatic heterocycles. The first-order valence-electron chi connectivity index (χ1n) is 6.82. The minimum absolute atomic E-state index is 0. The molecule has 1 unspecified atom stereocenters. The molecule has 0 saturated heterocycles. The summed E-state index contributed by atoms with van der Waals surface area (Å²) in [5.74, 6) is 0.384. The van der Waals surface area contributed by atoms with Crippen molar-refractivity contribution in [3.63, 3.8) is 0 Å². The summed E-state index contributed by atoms with van der Waals surface area (Å²) in [7, 11) is 0. The zero-order chi connectivity index (χ0) is 15.2. The summed E-state index contributed by atoms with van der Waals surface area (Å²) in [6.07, 6.45) is 0.0996. The van der Waals surface area contributed by atoms with Crippen molar-refractivity contribution >= 4 is 17.6 Å². The van der Waals surface area contributed by atoms with Gasteiger partial charge in [0.1, 0.15) is 6.10 Å². The van der Waals surface area contributed by atoms with E-state index in [1.54, 1.807) is 25.1 Å². The summed E-state index contributed by atoms with van der Waals surface area (Å²) in [5.41, 5.74) is 1.03. The van der Waals surface area contributed by atoms with Gasteiger partial charge in [0.2, 0.25) is 0 Å². The van der Waals surface area contributed by atoms with E-state index in [1.807, 2.05) is 37.3 Å². The number of hydrogen-bond donors (Lipinski definition) is 0. The van der Waals surface area contributed by atoms with Gasteiger partial charge in [-0.2, -0.15) is 0 Å². The van der Waals surface area contributed by atoms with Gasteiger partial charge < -0.3 is 10.9 Å². The number of rotatable bonds is 5. The molecule has 0 saturated carbocycles. The summed E-state index contributed by atoms with van der Waals surface area (Å²) >= 11 is 6.10. The first kappa shape index (κ1) is 19.0. The molecule has 0 N–H and O–H groups in total. The van der Waals surface area contributed by atoms with Gasteiger partial charge in [0.25, 0.3) is 0 Å². The van der Waals surface area contributed by atoms with Crippen LogP contribution in [0.4, 0.5) is 0 Å². The Morgan fingerprint density at radius 2 is 1.86 bits per heavy atom. The van der Waals surface area contributed by atoms with Gasteiger partial charge in [-0.3, -0.25) is 4.79 Å². The maximum Gasteiger partial charge on any atom is 1.00 e. The van der Waals surface area contributed by atoms with E-state index in [0.717, 1.165) is 5.56 Å². The zero-order valence-electron chi connectivity index (χ0n) is 14.0. The number of carbonyl (C=O) groups is 1. The summed E-state index contributed by atoms with van der Waals surface area (Å²) in [5, 5.41) is 0.356. The molecule has 2 aromatic rings. The number of para-hydroxylation sites is 1. The Morgan fingerprint density at radius 3 is 2.50 bits per heavy atom. The van der Waals surface area contributed by atoms with Gasteiger partial charge in [0.15, 0.2) is 11.5 Å². The van der Waals surface area contributed by atoms with Crippen molar-refractivity contribution in [2.75, 3.05) is 0 Å². The quantitative estimate of drug-likeness (QED) is 0.478. The molecule has 112 valence electrons. The normalized spacial score (nSPS) is 11.2. The van der Waals surface area contributed by atoms with E-state index in [-0.39, 0.29) is 55.2 Å². The summed E-state index contributed by atoms with van der Waals surface area (Å²) in [6, 6.07) is 15.0. The van der Waals surface area contributed by atoms with E-state index in [9.17, 15) is 4.79 Å². The zero-order valence-corrected chi connectivity index (χ0v) is 15.8. The predicted octanol–water partition coefficient (Wildman–Crippen LogP) is 1.91. The van der Waals surface area contributed by atoms with Crippen molar-refractivity contribution in [2.24, 2.45) is 0 Å². The molecule has 0 heterocycles. The average Bonchev–Trinajstić information content (AvgIpc) is 2.51. The van der Waals surface area contributed by atoms with E-state index in [1.165, 1.54) is 0 Å². The fourth-order valence-corrected chi connectivity index (χ4v) is 2.05. The van der Waals surface area contributed by atoms with Crippen LogP contribution in [0, 0.1) is 0 Å². The third-order valence-corrected chi connectivity index (χ3v) is 3.31. The van der Waals surface area contributed by atoms with Gasteiger partial charge in [-0.1, -0.05) is 54.9 Å². The van der Waals surface area contributed by atoms with Crippen molar-refractivity contribution in [3.05, 3.63) is 59.1 Å². The first-order valence-corrected chi connectivity index (χ1v) is 7.20. The van der Waals surface area contributed by atoms with E-state index in [0.29, 0.717) is 10.8 Å². The molecule has 0 aliphatic carbocycles. The van der Waals surface area contributed by atoms with Crippen LogP contribution in [-0.4, -0.2) is 5.97 Å².